The fourth-order valence-corrected chi connectivity index (χ4v) is 2.32. The van der Waals surface area contributed by atoms with Gasteiger partial charge in [-0.15, -0.1) is 0 Å². The maximum absolute atomic E-state index is 11.6. The van der Waals surface area contributed by atoms with E-state index in [0.717, 1.165) is 6.20 Å². The van der Waals surface area contributed by atoms with Crippen LogP contribution >= 0.6 is 15.9 Å². The molecule has 22 heavy (non-hydrogen) atoms. The minimum atomic E-state index is -0.603. The Balaban J connectivity index is 2.09. The summed E-state index contributed by atoms with van der Waals surface area (Å²) >= 11 is 3.24. The number of rotatable bonds is 3. The number of carbonyl (C=O) groups excluding carboxylic acids is 1. The van der Waals surface area contributed by atoms with Crippen molar-refractivity contribution < 1.29 is 14.5 Å². The molecule has 0 fully saturated rings. The summed E-state index contributed by atoms with van der Waals surface area (Å²) in [5.41, 5.74) is 0.799. The van der Waals surface area contributed by atoms with E-state index in [1.807, 2.05) is 0 Å². The summed E-state index contributed by atoms with van der Waals surface area (Å²) in [6, 6.07) is 0. The van der Waals surface area contributed by atoms with Crippen molar-refractivity contribution >= 4 is 33.2 Å². The standard InChI is InChI=1S/C11H7BrN6O4/c1-22-11(19)9-8(12)10-13-2-6(4-17(10)15-9)16-5-7(3-14-16)18(20)21/h2-5H,1H3. The fraction of sp³-hybridized carbons (Fsp3) is 0.0909. The molecule has 0 atom stereocenters. The zero-order valence-corrected chi connectivity index (χ0v) is 12.6. The molecule has 0 saturated carbocycles. The maximum Gasteiger partial charge on any atom is 0.359 e. The number of esters is 1. The van der Waals surface area contributed by atoms with Crippen LogP contribution in [0.15, 0.2) is 29.3 Å². The highest BCUT2D eigenvalue weighted by Gasteiger charge is 2.19. The Morgan fingerprint density at radius 3 is 2.82 bits per heavy atom. The van der Waals surface area contributed by atoms with Crippen LogP contribution in [0.3, 0.4) is 0 Å². The smallest absolute Gasteiger partial charge is 0.359 e. The average Bonchev–Trinajstić information content (AvgIpc) is 3.12. The van der Waals surface area contributed by atoms with Gasteiger partial charge < -0.3 is 4.74 Å². The minimum absolute atomic E-state index is 0.0820. The second-order valence-electron chi connectivity index (χ2n) is 4.13. The Hall–Kier alpha value is -2.82. The molecule has 0 saturated heterocycles. The van der Waals surface area contributed by atoms with Crippen molar-refractivity contribution in [3.63, 3.8) is 0 Å². The molecule has 3 heterocycles. The average molecular weight is 367 g/mol. The van der Waals surface area contributed by atoms with Crippen molar-refractivity contribution in [3.05, 3.63) is 45.1 Å². The van der Waals surface area contributed by atoms with Crippen LogP contribution in [0.4, 0.5) is 5.69 Å². The van der Waals surface area contributed by atoms with Gasteiger partial charge in [0, 0.05) is 0 Å². The van der Waals surface area contributed by atoms with E-state index in [2.05, 4.69) is 35.8 Å². The maximum atomic E-state index is 11.6. The molecule has 0 bridgehead atoms. The van der Waals surface area contributed by atoms with Gasteiger partial charge in [-0.1, -0.05) is 0 Å². The third-order valence-corrected chi connectivity index (χ3v) is 3.56. The van der Waals surface area contributed by atoms with Gasteiger partial charge >= 0.3 is 11.7 Å². The van der Waals surface area contributed by atoms with Gasteiger partial charge in [0.25, 0.3) is 0 Å². The highest BCUT2D eigenvalue weighted by molar-refractivity contribution is 9.10. The van der Waals surface area contributed by atoms with Gasteiger partial charge in [-0.2, -0.15) is 10.2 Å². The van der Waals surface area contributed by atoms with E-state index in [9.17, 15) is 14.9 Å². The van der Waals surface area contributed by atoms with Crippen LogP contribution in [0.2, 0.25) is 0 Å². The molecule has 0 aliphatic rings. The number of methoxy groups -OCH3 is 1. The lowest BCUT2D eigenvalue weighted by Crippen LogP contribution is -2.03. The normalized spacial score (nSPS) is 10.8. The molecule has 0 radical (unpaired) electrons. The second-order valence-corrected chi connectivity index (χ2v) is 4.93. The predicted octanol–water partition coefficient (Wildman–Crippen LogP) is 1.37. The van der Waals surface area contributed by atoms with Crippen molar-refractivity contribution in [2.75, 3.05) is 7.11 Å². The van der Waals surface area contributed by atoms with Crippen molar-refractivity contribution in [1.82, 2.24) is 24.4 Å². The first-order chi connectivity index (χ1) is 10.5. The van der Waals surface area contributed by atoms with Crippen LogP contribution in [0.5, 0.6) is 0 Å². The lowest BCUT2D eigenvalue weighted by atomic mass is 10.4. The summed E-state index contributed by atoms with van der Waals surface area (Å²) in [5, 5.41) is 18.6. The molecule has 0 spiro atoms. The first-order valence-corrected chi connectivity index (χ1v) is 6.62. The van der Waals surface area contributed by atoms with Gasteiger partial charge in [-0.25, -0.2) is 19.0 Å². The zero-order valence-electron chi connectivity index (χ0n) is 11.0. The van der Waals surface area contributed by atoms with Gasteiger partial charge in [-0.05, 0) is 15.9 Å². The van der Waals surface area contributed by atoms with Gasteiger partial charge in [0.05, 0.1) is 28.9 Å². The predicted molar refractivity (Wildman–Crippen MR) is 75.8 cm³/mol. The molecule has 112 valence electrons. The molecule has 3 aromatic heterocycles. The van der Waals surface area contributed by atoms with E-state index >= 15 is 0 Å². The number of ether oxygens (including phenoxy) is 1. The third kappa shape index (κ3) is 2.20. The molecular weight excluding hydrogens is 360 g/mol. The fourth-order valence-electron chi connectivity index (χ4n) is 1.79. The highest BCUT2D eigenvalue weighted by Crippen LogP contribution is 2.22. The SMILES string of the molecule is COC(=O)c1nn2cc(-n3cc([N+](=O)[O-])cn3)cnc2c1Br. The largest absolute Gasteiger partial charge is 0.464 e. The first kappa shape index (κ1) is 14.1. The van der Waals surface area contributed by atoms with E-state index in [-0.39, 0.29) is 11.4 Å². The number of halogens is 1. The van der Waals surface area contributed by atoms with Gasteiger partial charge in [-0.3, -0.25) is 10.1 Å². The summed E-state index contributed by atoms with van der Waals surface area (Å²) in [5.74, 6) is -0.603. The number of nitro groups is 1. The lowest BCUT2D eigenvalue weighted by molar-refractivity contribution is -0.384. The molecule has 0 aromatic carbocycles. The molecule has 0 N–H and O–H groups in total. The van der Waals surface area contributed by atoms with Crippen LogP contribution in [0.1, 0.15) is 10.5 Å². The minimum Gasteiger partial charge on any atom is -0.464 e. The molecule has 0 aliphatic carbocycles. The van der Waals surface area contributed by atoms with Crippen molar-refractivity contribution in [1.29, 1.82) is 0 Å². The Kier molecular flexibility index (Phi) is 3.33. The number of fused-ring (bicyclic) bond motifs is 1. The molecule has 0 amide bonds. The van der Waals surface area contributed by atoms with Crippen LogP contribution in [-0.4, -0.2) is 42.4 Å². The Morgan fingerprint density at radius 1 is 1.41 bits per heavy atom. The number of hydrogen-bond donors (Lipinski definition) is 0. The summed E-state index contributed by atoms with van der Waals surface area (Å²) in [4.78, 5) is 25.9. The highest BCUT2D eigenvalue weighted by atomic mass is 79.9. The molecule has 0 aliphatic heterocycles. The summed E-state index contributed by atoms with van der Waals surface area (Å²) in [6.45, 7) is 0. The first-order valence-electron chi connectivity index (χ1n) is 5.83. The van der Waals surface area contributed by atoms with Gasteiger partial charge in [0.1, 0.15) is 18.1 Å². The zero-order chi connectivity index (χ0) is 15.9. The van der Waals surface area contributed by atoms with E-state index in [1.54, 1.807) is 0 Å². The van der Waals surface area contributed by atoms with Crippen molar-refractivity contribution in [2.45, 2.75) is 0 Å². The molecule has 11 heteroatoms. The Morgan fingerprint density at radius 2 is 2.18 bits per heavy atom. The van der Waals surface area contributed by atoms with E-state index in [0.29, 0.717) is 15.8 Å². The van der Waals surface area contributed by atoms with E-state index in [1.165, 1.54) is 34.9 Å². The molecule has 0 unspecified atom stereocenters. The van der Waals surface area contributed by atoms with Crippen LogP contribution < -0.4 is 0 Å². The number of aromatic nitrogens is 5. The van der Waals surface area contributed by atoms with Crippen molar-refractivity contribution in [3.8, 4) is 5.69 Å². The van der Waals surface area contributed by atoms with Crippen LogP contribution in [-0.2, 0) is 4.74 Å². The molecule has 10 nitrogen and oxygen atoms in total. The number of hydrogen-bond acceptors (Lipinski definition) is 7. The van der Waals surface area contributed by atoms with Gasteiger partial charge in [0.15, 0.2) is 11.3 Å². The van der Waals surface area contributed by atoms with Crippen LogP contribution in [0, 0.1) is 10.1 Å². The Bertz CT molecular complexity index is 901. The molecule has 3 aromatic rings. The van der Waals surface area contributed by atoms with E-state index in [4.69, 9.17) is 0 Å². The van der Waals surface area contributed by atoms with Crippen LogP contribution in [0.25, 0.3) is 11.3 Å². The number of nitrogens with zero attached hydrogens (tertiary/aromatic N) is 6. The quantitative estimate of drug-likeness (QED) is 0.390. The van der Waals surface area contributed by atoms with E-state index < -0.39 is 10.9 Å². The third-order valence-electron chi connectivity index (χ3n) is 2.83. The summed E-state index contributed by atoms with van der Waals surface area (Å²) < 4.78 is 7.68. The second kappa shape index (κ2) is 5.18. The number of carbonyl (C=O) groups is 1. The summed E-state index contributed by atoms with van der Waals surface area (Å²) in [6.07, 6.45) is 5.38. The van der Waals surface area contributed by atoms with Gasteiger partial charge in [0.2, 0.25) is 0 Å². The monoisotopic (exact) mass is 366 g/mol. The molecule has 3 rings (SSSR count). The molecular formula is C11H7BrN6O4. The lowest BCUT2D eigenvalue weighted by Gasteiger charge is -2.00. The topological polar surface area (TPSA) is 117 Å². The summed E-state index contributed by atoms with van der Waals surface area (Å²) in [7, 11) is 1.25. The Labute approximate surface area is 130 Å². The van der Waals surface area contributed by atoms with Crippen molar-refractivity contribution in [2.24, 2.45) is 0 Å².